The van der Waals surface area contributed by atoms with Crippen LogP contribution in [0.5, 0.6) is 0 Å². The number of rotatable bonds is 3. The molecule has 0 radical (unpaired) electrons. The highest BCUT2D eigenvalue weighted by atomic mass is 15.0. The van der Waals surface area contributed by atoms with Gasteiger partial charge in [-0.05, 0) is 19.4 Å². The van der Waals surface area contributed by atoms with Crippen molar-refractivity contribution in [1.29, 1.82) is 0 Å². The summed E-state index contributed by atoms with van der Waals surface area (Å²) < 4.78 is 0. The van der Waals surface area contributed by atoms with Crippen LogP contribution in [0.25, 0.3) is 11.3 Å². The van der Waals surface area contributed by atoms with E-state index in [1.54, 1.807) is 0 Å². The average Bonchev–Trinajstić information content (AvgIpc) is 2.38. The zero-order chi connectivity index (χ0) is 13.1. The maximum Gasteiger partial charge on any atom is 0.131 e. The molecule has 18 heavy (non-hydrogen) atoms. The van der Waals surface area contributed by atoms with E-state index in [1.807, 2.05) is 13.1 Å². The van der Waals surface area contributed by atoms with Crippen LogP contribution in [-0.2, 0) is 6.42 Å². The molecule has 0 bridgehead atoms. The lowest BCUT2D eigenvalue weighted by Crippen LogP contribution is -2.01. The van der Waals surface area contributed by atoms with E-state index in [0.29, 0.717) is 0 Å². The maximum atomic E-state index is 4.61. The first-order valence-electron chi connectivity index (χ1n) is 6.27. The van der Waals surface area contributed by atoms with Crippen molar-refractivity contribution in [3.63, 3.8) is 0 Å². The Balaban J connectivity index is 2.55. The smallest absolute Gasteiger partial charge is 0.131 e. The Kier molecular flexibility index (Phi) is 3.60. The topological polar surface area (TPSA) is 37.8 Å². The van der Waals surface area contributed by atoms with Gasteiger partial charge in [0.25, 0.3) is 0 Å². The molecule has 3 heteroatoms. The fourth-order valence-electron chi connectivity index (χ4n) is 2.02. The van der Waals surface area contributed by atoms with Crippen LogP contribution in [0.4, 0.5) is 5.82 Å². The normalized spacial score (nSPS) is 10.4. The molecule has 94 valence electrons. The summed E-state index contributed by atoms with van der Waals surface area (Å²) in [7, 11) is 1.88. The van der Waals surface area contributed by atoms with Crippen molar-refractivity contribution in [2.24, 2.45) is 0 Å². The molecule has 0 aliphatic carbocycles. The van der Waals surface area contributed by atoms with Crippen molar-refractivity contribution in [1.82, 2.24) is 9.97 Å². The molecular weight excluding hydrogens is 222 g/mol. The van der Waals surface area contributed by atoms with Crippen molar-refractivity contribution >= 4 is 5.82 Å². The van der Waals surface area contributed by atoms with Gasteiger partial charge in [0.1, 0.15) is 11.6 Å². The molecule has 0 unspecified atom stereocenters. The summed E-state index contributed by atoms with van der Waals surface area (Å²) in [5.74, 6) is 1.74. The van der Waals surface area contributed by atoms with Gasteiger partial charge in [-0.25, -0.2) is 9.97 Å². The Hall–Kier alpha value is -1.90. The zero-order valence-electron chi connectivity index (χ0n) is 11.4. The molecule has 1 aromatic heterocycles. The molecule has 0 fully saturated rings. The Morgan fingerprint density at radius 3 is 2.50 bits per heavy atom. The monoisotopic (exact) mass is 241 g/mol. The highest BCUT2D eigenvalue weighted by Gasteiger charge is 2.07. The molecule has 1 aromatic carbocycles. The summed E-state index contributed by atoms with van der Waals surface area (Å²) in [5.41, 5.74) is 4.69. The van der Waals surface area contributed by atoms with Gasteiger partial charge in [-0.3, -0.25) is 0 Å². The molecule has 2 aromatic rings. The molecule has 2 rings (SSSR count). The van der Waals surface area contributed by atoms with Crippen LogP contribution in [0.1, 0.15) is 23.9 Å². The fraction of sp³-hybridized carbons (Fsp3) is 0.333. The molecule has 0 saturated heterocycles. The van der Waals surface area contributed by atoms with Crippen molar-refractivity contribution in [3.8, 4) is 11.3 Å². The summed E-state index contributed by atoms with van der Waals surface area (Å²) >= 11 is 0. The van der Waals surface area contributed by atoms with Crippen molar-refractivity contribution < 1.29 is 0 Å². The Labute approximate surface area is 108 Å². The van der Waals surface area contributed by atoms with Crippen molar-refractivity contribution in [2.45, 2.75) is 27.2 Å². The Morgan fingerprint density at radius 2 is 1.89 bits per heavy atom. The molecule has 0 atom stereocenters. The van der Waals surface area contributed by atoms with E-state index < -0.39 is 0 Å². The number of aromatic nitrogens is 2. The van der Waals surface area contributed by atoms with Crippen LogP contribution in [0.15, 0.2) is 24.3 Å². The number of aryl methyl sites for hydroxylation is 3. The van der Waals surface area contributed by atoms with E-state index in [1.165, 1.54) is 16.7 Å². The van der Waals surface area contributed by atoms with E-state index in [9.17, 15) is 0 Å². The minimum absolute atomic E-state index is 0.841. The summed E-state index contributed by atoms with van der Waals surface area (Å²) in [5, 5.41) is 3.09. The Bertz CT molecular complexity index is 539. The van der Waals surface area contributed by atoms with Crippen LogP contribution in [0.3, 0.4) is 0 Å². The molecule has 0 saturated carbocycles. The molecule has 1 N–H and O–H groups in total. The molecule has 1 heterocycles. The van der Waals surface area contributed by atoms with Gasteiger partial charge in [-0.2, -0.15) is 0 Å². The van der Waals surface area contributed by atoms with E-state index in [0.717, 1.165) is 23.8 Å². The average molecular weight is 241 g/mol. The number of hydrogen-bond acceptors (Lipinski definition) is 3. The predicted molar refractivity (Wildman–Crippen MR) is 75.9 cm³/mol. The third kappa shape index (κ3) is 2.50. The van der Waals surface area contributed by atoms with Crippen LogP contribution >= 0.6 is 0 Å². The van der Waals surface area contributed by atoms with Crippen molar-refractivity contribution in [3.05, 3.63) is 41.2 Å². The molecular formula is C15H19N3. The number of benzene rings is 1. The largest absolute Gasteiger partial charge is 0.373 e. The first-order valence-corrected chi connectivity index (χ1v) is 6.27. The number of nitrogens with one attached hydrogen (secondary N) is 1. The van der Waals surface area contributed by atoms with Gasteiger partial charge < -0.3 is 5.32 Å². The van der Waals surface area contributed by atoms with Gasteiger partial charge in [0.2, 0.25) is 0 Å². The third-order valence-corrected chi connectivity index (χ3v) is 3.00. The van der Waals surface area contributed by atoms with Crippen LogP contribution in [-0.4, -0.2) is 17.0 Å². The first-order chi connectivity index (χ1) is 8.63. The summed E-state index contributed by atoms with van der Waals surface area (Å²) in [6, 6.07) is 8.43. The zero-order valence-corrected chi connectivity index (χ0v) is 11.4. The number of anilines is 1. The highest BCUT2D eigenvalue weighted by molar-refractivity contribution is 5.66. The molecule has 0 aliphatic heterocycles. The summed E-state index contributed by atoms with van der Waals surface area (Å²) in [6.07, 6.45) is 0.841. The second-order valence-corrected chi connectivity index (χ2v) is 4.48. The number of hydrogen-bond donors (Lipinski definition) is 1. The summed E-state index contributed by atoms with van der Waals surface area (Å²) in [6.45, 7) is 6.29. The Morgan fingerprint density at radius 1 is 1.11 bits per heavy atom. The quantitative estimate of drug-likeness (QED) is 0.895. The first kappa shape index (κ1) is 12.6. The van der Waals surface area contributed by atoms with Gasteiger partial charge in [0, 0.05) is 25.1 Å². The lowest BCUT2D eigenvalue weighted by Gasteiger charge is -2.09. The van der Waals surface area contributed by atoms with E-state index in [4.69, 9.17) is 0 Å². The predicted octanol–water partition coefficient (Wildman–Crippen LogP) is 3.36. The minimum Gasteiger partial charge on any atom is -0.373 e. The van der Waals surface area contributed by atoms with E-state index in [2.05, 4.69) is 54.3 Å². The van der Waals surface area contributed by atoms with Gasteiger partial charge in [-0.1, -0.05) is 30.7 Å². The van der Waals surface area contributed by atoms with Gasteiger partial charge >= 0.3 is 0 Å². The third-order valence-electron chi connectivity index (χ3n) is 3.00. The van der Waals surface area contributed by atoms with Gasteiger partial charge in [0.15, 0.2) is 0 Å². The summed E-state index contributed by atoms with van der Waals surface area (Å²) in [4.78, 5) is 9.03. The van der Waals surface area contributed by atoms with Crippen LogP contribution < -0.4 is 5.32 Å². The molecule has 0 spiro atoms. The van der Waals surface area contributed by atoms with Gasteiger partial charge in [0.05, 0.1) is 5.69 Å². The van der Waals surface area contributed by atoms with Crippen molar-refractivity contribution in [2.75, 3.05) is 12.4 Å². The lowest BCUT2D eigenvalue weighted by molar-refractivity contribution is 0.944. The molecule has 0 amide bonds. The van der Waals surface area contributed by atoms with E-state index >= 15 is 0 Å². The SMILES string of the molecule is CCc1nc(NC)cc(-c2ccc(C)cc2C)n1. The number of nitrogens with zero attached hydrogens (tertiary/aromatic N) is 2. The van der Waals surface area contributed by atoms with Crippen LogP contribution in [0, 0.1) is 13.8 Å². The standard InChI is InChI=1S/C15H19N3/c1-5-14-17-13(9-15(16-4)18-14)12-7-6-10(2)8-11(12)3/h6-9H,5H2,1-4H3,(H,16,17,18). The van der Waals surface area contributed by atoms with Gasteiger partial charge in [-0.15, -0.1) is 0 Å². The second kappa shape index (κ2) is 5.17. The lowest BCUT2D eigenvalue weighted by atomic mass is 10.0. The maximum absolute atomic E-state index is 4.61. The van der Waals surface area contributed by atoms with Crippen LogP contribution in [0.2, 0.25) is 0 Å². The minimum atomic E-state index is 0.841. The fourth-order valence-corrected chi connectivity index (χ4v) is 2.02. The second-order valence-electron chi connectivity index (χ2n) is 4.48. The molecule has 3 nitrogen and oxygen atoms in total. The molecule has 0 aliphatic rings. The van der Waals surface area contributed by atoms with E-state index in [-0.39, 0.29) is 0 Å². The highest BCUT2D eigenvalue weighted by Crippen LogP contribution is 2.24.